The first-order chi connectivity index (χ1) is 9.10. The fourth-order valence-electron chi connectivity index (χ4n) is 2.87. The van der Waals surface area contributed by atoms with E-state index in [0.29, 0.717) is 17.8 Å². The summed E-state index contributed by atoms with van der Waals surface area (Å²) in [5, 5.41) is 0. The van der Waals surface area contributed by atoms with Crippen molar-refractivity contribution in [2.45, 2.75) is 80.3 Å². The van der Waals surface area contributed by atoms with Crippen LogP contribution in [0.2, 0.25) is 0 Å². The largest absolute Gasteiger partial charge is 0.248 e. The molecule has 0 rings (SSSR count). The van der Waals surface area contributed by atoms with E-state index in [1.54, 1.807) is 6.92 Å². The molecule has 0 saturated carbocycles. The highest BCUT2D eigenvalue weighted by molar-refractivity contribution is 5.24. The monoisotopic (exact) mass is 282 g/mol. The highest BCUT2D eigenvalue weighted by Gasteiger charge is 2.20. The lowest BCUT2D eigenvalue weighted by molar-refractivity contribution is 0.302. The zero-order valence-electron chi connectivity index (χ0n) is 14.7. The molecular weight excluding hydrogens is 247 g/mol. The summed E-state index contributed by atoms with van der Waals surface area (Å²) in [6.07, 6.45) is 5.37. The van der Waals surface area contributed by atoms with Crippen LogP contribution in [-0.2, 0) is 0 Å². The highest BCUT2D eigenvalue weighted by Crippen LogP contribution is 2.32. The number of halogens is 1. The Bertz CT molecular complexity index is 317. The molecule has 0 saturated heterocycles. The molecule has 0 aromatic rings. The van der Waals surface area contributed by atoms with Gasteiger partial charge in [-0.25, -0.2) is 4.39 Å². The molecule has 0 fully saturated rings. The van der Waals surface area contributed by atoms with Crippen molar-refractivity contribution in [2.75, 3.05) is 0 Å². The second-order valence-electron chi connectivity index (χ2n) is 7.45. The molecule has 0 spiro atoms. The van der Waals surface area contributed by atoms with Gasteiger partial charge in [0.05, 0.1) is 6.17 Å². The van der Waals surface area contributed by atoms with Crippen LogP contribution in [0.5, 0.6) is 0 Å². The van der Waals surface area contributed by atoms with Crippen molar-refractivity contribution in [3.63, 3.8) is 0 Å². The molecule has 0 heterocycles. The van der Waals surface area contributed by atoms with Gasteiger partial charge < -0.3 is 0 Å². The molecule has 0 N–H and O–H groups in total. The van der Waals surface area contributed by atoms with Crippen molar-refractivity contribution >= 4 is 0 Å². The van der Waals surface area contributed by atoms with Crippen LogP contribution in [0.1, 0.15) is 74.1 Å². The van der Waals surface area contributed by atoms with Crippen molar-refractivity contribution in [3.8, 4) is 0 Å². The number of alkyl halides is 1. The summed E-state index contributed by atoms with van der Waals surface area (Å²) in [7, 11) is 0. The van der Waals surface area contributed by atoms with Crippen LogP contribution in [0.4, 0.5) is 4.39 Å². The zero-order valence-corrected chi connectivity index (χ0v) is 14.7. The van der Waals surface area contributed by atoms with Crippen LogP contribution < -0.4 is 0 Å². The van der Waals surface area contributed by atoms with Crippen LogP contribution in [0, 0.1) is 17.3 Å². The number of hydrogen-bond donors (Lipinski definition) is 0. The third kappa shape index (κ3) is 7.87. The third-order valence-electron chi connectivity index (χ3n) is 4.04. The van der Waals surface area contributed by atoms with Crippen LogP contribution >= 0.6 is 0 Å². The van der Waals surface area contributed by atoms with Gasteiger partial charge in [-0.05, 0) is 56.8 Å². The summed E-state index contributed by atoms with van der Waals surface area (Å²) in [4.78, 5) is 0. The van der Waals surface area contributed by atoms with Crippen molar-refractivity contribution < 1.29 is 4.39 Å². The van der Waals surface area contributed by atoms with Gasteiger partial charge in [-0.1, -0.05) is 58.4 Å². The van der Waals surface area contributed by atoms with E-state index in [4.69, 9.17) is 0 Å². The molecule has 0 aliphatic carbocycles. The summed E-state index contributed by atoms with van der Waals surface area (Å²) in [6.45, 7) is 19.3. The average Bonchev–Trinajstić information content (AvgIpc) is 2.31. The summed E-state index contributed by atoms with van der Waals surface area (Å²) in [5.74, 6) is 0.879. The van der Waals surface area contributed by atoms with E-state index in [1.807, 2.05) is 0 Å². The average molecular weight is 282 g/mol. The van der Waals surface area contributed by atoms with Crippen molar-refractivity contribution in [2.24, 2.45) is 17.3 Å². The predicted molar refractivity (Wildman–Crippen MR) is 89.7 cm³/mol. The lowest BCUT2D eigenvalue weighted by atomic mass is 9.79. The van der Waals surface area contributed by atoms with Gasteiger partial charge in [-0.2, -0.15) is 0 Å². The molecule has 0 amide bonds. The van der Waals surface area contributed by atoms with Gasteiger partial charge in [0, 0.05) is 0 Å². The van der Waals surface area contributed by atoms with E-state index in [-0.39, 0.29) is 5.92 Å². The smallest absolute Gasteiger partial charge is 0.0979 e. The maximum Gasteiger partial charge on any atom is 0.0979 e. The minimum absolute atomic E-state index is 0.275. The molecule has 0 aliphatic heterocycles. The number of allylic oxidation sites excluding steroid dienone is 3. The Balaban J connectivity index is 4.86. The highest BCUT2D eigenvalue weighted by atomic mass is 19.1. The Morgan fingerprint density at radius 2 is 1.65 bits per heavy atom. The summed E-state index contributed by atoms with van der Waals surface area (Å²) < 4.78 is 13.2. The Hall–Kier alpha value is -0.590. The lowest BCUT2D eigenvalue weighted by Gasteiger charge is -2.26. The van der Waals surface area contributed by atoms with Gasteiger partial charge in [0.2, 0.25) is 0 Å². The molecule has 1 heteroatoms. The van der Waals surface area contributed by atoms with Crippen LogP contribution in [0.25, 0.3) is 0 Å². The Morgan fingerprint density at radius 3 is 2.00 bits per heavy atom. The molecule has 0 radical (unpaired) electrons. The molecule has 0 aromatic carbocycles. The molecule has 20 heavy (non-hydrogen) atoms. The summed E-state index contributed by atoms with van der Waals surface area (Å²) in [6, 6.07) is 0. The summed E-state index contributed by atoms with van der Waals surface area (Å²) in [5.41, 5.74) is 2.84. The van der Waals surface area contributed by atoms with Gasteiger partial charge in [0.1, 0.15) is 0 Å². The minimum Gasteiger partial charge on any atom is -0.248 e. The molecule has 3 atom stereocenters. The van der Waals surface area contributed by atoms with Crippen LogP contribution in [-0.4, -0.2) is 6.17 Å². The van der Waals surface area contributed by atoms with E-state index in [1.165, 1.54) is 12.0 Å². The molecule has 0 aromatic heterocycles. The second-order valence-corrected chi connectivity index (χ2v) is 7.45. The molecule has 3 unspecified atom stereocenters. The SMILES string of the molecule is C=C(/C=C(\C)C(CC)CC(C)(C)C)C(CC)CC(C)F. The fourth-order valence-corrected chi connectivity index (χ4v) is 2.87. The molecule has 0 aliphatic rings. The topological polar surface area (TPSA) is 0 Å². The predicted octanol–water partition coefficient (Wildman–Crippen LogP) is 6.73. The number of rotatable bonds is 8. The number of hydrogen-bond acceptors (Lipinski definition) is 0. The lowest BCUT2D eigenvalue weighted by Crippen LogP contribution is -2.14. The first-order valence-electron chi connectivity index (χ1n) is 8.11. The third-order valence-corrected chi connectivity index (χ3v) is 4.04. The van der Waals surface area contributed by atoms with E-state index in [0.717, 1.165) is 18.4 Å². The Labute approximate surface area is 126 Å². The van der Waals surface area contributed by atoms with Gasteiger partial charge in [-0.15, -0.1) is 0 Å². The molecule has 118 valence electrons. The maximum absolute atomic E-state index is 13.2. The minimum atomic E-state index is -0.748. The maximum atomic E-state index is 13.2. The van der Waals surface area contributed by atoms with Gasteiger partial charge in [0.15, 0.2) is 0 Å². The van der Waals surface area contributed by atoms with E-state index in [2.05, 4.69) is 54.2 Å². The Morgan fingerprint density at radius 1 is 1.15 bits per heavy atom. The van der Waals surface area contributed by atoms with Gasteiger partial charge >= 0.3 is 0 Å². The van der Waals surface area contributed by atoms with Gasteiger partial charge in [0.25, 0.3) is 0 Å². The quantitative estimate of drug-likeness (QED) is 0.433. The van der Waals surface area contributed by atoms with Gasteiger partial charge in [-0.3, -0.25) is 0 Å². The van der Waals surface area contributed by atoms with Crippen LogP contribution in [0.15, 0.2) is 23.8 Å². The first-order valence-corrected chi connectivity index (χ1v) is 8.11. The van der Waals surface area contributed by atoms with Crippen molar-refractivity contribution in [1.29, 1.82) is 0 Å². The molecule has 0 bridgehead atoms. The van der Waals surface area contributed by atoms with Crippen molar-refractivity contribution in [3.05, 3.63) is 23.8 Å². The standard InChI is InChI=1S/C19H35F/c1-9-17(12-16(5)20)14(3)11-15(4)18(10-2)13-19(6,7)8/h11,16-18H,3,9-10,12-13H2,1-2,4-8H3/b15-11+. The van der Waals surface area contributed by atoms with E-state index < -0.39 is 6.17 Å². The normalized spacial score (nSPS) is 17.7. The van der Waals surface area contributed by atoms with Crippen LogP contribution in [0.3, 0.4) is 0 Å². The molecular formula is C19H35F. The molecule has 0 nitrogen and oxygen atoms in total. The van der Waals surface area contributed by atoms with E-state index in [9.17, 15) is 4.39 Å². The fraction of sp³-hybridized carbons (Fsp3) is 0.789. The zero-order chi connectivity index (χ0) is 15.9. The Kier molecular flexibility index (Phi) is 8.39. The first kappa shape index (κ1) is 19.4. The van der Waals surface area contributed by atoms with E-state index >= 15 is 0 Å². The van der Waals surface area contributed by atoms with Crippen molar-refractivity contribution in [1.82, 2.24) is 0 Å². The second kappa shape index (κ2) is 8.64. The summed E-state index contributed by atoms with van der Waals surface area (Å²) >= 11 is 0.